The highest BCUT2D eigenvalue weighted by Gasteiger charge is 2.42. The van der Waals surface area contributed by atoms with Crippen molar-refractivity contribution in [2.75, 3.05) is 26.2 Å². The predicted molar refractivity (Wildman–Crippen MR) is 396 cm³/mol. The number of hydrogen-bond donors (Lipinski definition) is 0. The van der Waals surface area contributed by atoms with Gasteiger partial charge in [0.05, 0.1) is 22.3 Å². The van der Waals surface area contributed by atoms with E-state index in [2.05, 4.69) is 55.4 Å². The summed E-state index contributed by atoms with van der Waals surface area (Å²) < 4.78 is 6.07. The monoisotopic (exact) mass is 1300 g/mol. The first-order valence-corrected chi connectivity index (χ1v) is 34.0. The molecule has 0 radical (unpaired) electrons. The van der Waals surface area contributed by atoms with Crippen LogP contribution in [0, 0.1) is 23.7 Å². The van der Waals surface area contributed by atoms with Crippen LogP contribution in [0.5, 0.6) is 11.5 Å². The molecule has 6 aliphatic rings. The van der Waals surface area contributed by atoms with E-state index >= 15 is 0 Å². The number of hydrogen-bond acceptors (Lipinski definition) is 9. The Morgan fingerprint density at radius 1 is 0.290 bits per heavy atom. The van der Waals surface area contributed by atoms with E-state index in [-0.39, 0.29) is 167 Å². The van der Waals surface area contributed by atoms with E-state index in [1.165, 1.54) is 210 Å². The van der Waals surface area contributed by atoms with Crippen molar-refractivity contribution >= 4 is 47.3 Å². The fourth-order valence-electron chi connectivity index (χ4n) is 12.2. The molecule has 4 unspecified atom stereocenters. The quantitative estimate of drug-likeness (QED) is 0.0548. The Labute approximate surface area is 571 Å². The van der Waals surface area contributed by atoms with Crippen molar-refractivity contribution in [1.29, 1.82) is 0 Å². The highest BCUT2D eigenvalue weighted by atomic mass is 16.5. The first-order chi connectivity index (χ1) is 41.2. The molecule has 4 heterocycles. The van der Waals surface area contributed by atoms with Crippen molar-refractivity contribution in [1.82, 2.24) is 19.6 Å². The molecule has 8 amide bonds. The van der Waals surface area contributed by atoms with Gasteiger partial charge < -0.3 is 4.74 Å². The fraction of sp³-hybridized carbons (Fsp3) is 0.700. The number of rotatable bonds is 30. The molecule has 4 atom stereocenters. The van der Waals surface area contributed by atoms with Crippen molar-refractivity contribution in [2.24, 2.45) is 23.7 Å². The van der Waals surface area contributed by atoms with Gasteiger partial charge in [-0.25, -0.2) is 0 Å². The summed E-state index contributed by atoms with van der Waals surface area (Å²) in [6.07, 6.45) is 45.9. The minimum Gasteiger partial charge on any atom is -0.457 e. The average Bonchev–Trinajstić information content (AvgIpc) is 1.64. The van der Waals surface area contributed by atoms with Gasteiger partial charge in [-0.3, -0.25) is 58.0 Å². The van der Waals surface area contributed by atoms with Crippen LogP contribution in [0.15, 0.2) is 60.7 Å². The molecule has 536 valence electrons. The van der Waals surface area contributed by atoms with Crippen molar-refractivity contribution in [3.8, 4) is 11.5 Å². The normalized spacial score (nSPS) is 17.8. The Morgan fingerprint density at radius 2 is 0.495 bits per heavy atom. The number of nitrogens with zero attached hydrogens (tertiary/aromatic N) is 4. The molecule has 93 heavy (non-hydrogen) atoms. The number of carbonyl (C=O) groups is 8. The van der Waals surface area contributed by atoms with E-state index in [9.17, 15) is 38.4 Å². The molecule has 8 rings (SSSR count). The molecular weight excluding hydrogens is 1160 g/mol. The lowest BCUT2D eigenvalue weighted by molar-refractivity contribution is -0.139. The first kappa shape index (κ1) is 96.0. The zero-order valence-electron chi connectivity index (χ0n) is 54.0. The fourth-order valence-corrected chi connectivity index (χ4v) is 12.2. The highest BCUT2D eigenvalue weighted by molar-refractivity contribution is 6.22. The lowest BCUT2D eigenvalue weighted by Crippen LogP contribution is -2.43. The van der Waals surface area contributed by atoms with Crippen LogP contribution in [0.25, 0.3) is 0 Å². The van der Waals surface area contributed by atoms with Crippen LogP contribution >= 0.6 is 0 Å². The van der Waals surface area contributed by atoms with Crippen molar-refractivity contribution < 1.29 is 43.1 Å². The Hall–Kier alpha value is -5.72. The zero-order valence-corrected chi connectivity index (χ0v) is 54.0. The van der Waals surface area contributed by atoms with Gasteiger partial charge in [-0.2, -0.15) is 0 Å². The maximum absolute atomic E-state index is 13.6. The molecule has 2 fully saturated rings. The highest BCUT2D eigenvalue weighted by Crippen LogP contribution is 2.38. The van der Waals surface area contributed by atoms with Gasteiger partial charge in [-0.1, -0.05) is 295 Å². The molecule has 13 nitrogen and oxygen atoms in total. The molecule has 2 aromatic carbocycles. The molecule has 2 saturated carbocycles. The van der Waals surface area contributed by atoms with E-state index in [0.29, 0.717) is 0 Å². The van der Waals surface area contributed by atoms with Gasteiger partial charge >= 0.3 is 0 Å². The number of unbranched alkanes of at least 4 members (excludes halogenated alkanes) is 20. The minimum absolute atomic E-state index is 0. The average molecular weight is 1300 g/mol. The molecule has 0 N–H and O–H groups in total. The summed E-state index contributed by atoms with van der Waals surface area (Å²) in [7, 11) is 0. The van der Waals surface area contributed by atoms with E-state index in [4.69, 9.17) is 4.74 Å². The van der Waals surface area contributed by atoms with Gasteiger partial charge in [0.15, 0.2) is 0 Å². The lowest BCUT2D eigenvalue weighted by Gasteiger charge is -2.35. The third kappa shape index (κ3) is 31.1. The largest absolute Gasteiger partial charge is 0.457 e. The number of amides is 8. The smallest absolute Gasteiger partial charge is 0.261 e. The summed E-state index contributed by atoms with van der Waals surface area (Å²) in [6.45, 7) is 18.9. The number of fused-ring (bicyclic) bond motifs is 2. The molecule has 0 bridgehead atoms. The van der Waals surface area contributed by atoms with Crippen molar-refractivity contribution in [3.05, 3.63) is 83.0 Å². The minimum atomic E-state index is -0.448. The van der Waals surface area contributed by atoms with Crippen LogP contribution in [0.4, 0.5) is 0 Å². The van der Waals surface area contributed by atoms with Gasteiger partial charge in [0, 0.05) is 50.5 Å². The second kappa shape index (κ2) is 54.5. The number of imide groups is 4. The SMILES string of the molecule is C.C.C.C.C.C.C.C.CCCCCCC.CCCCCCC.CCCCCCCCC.CCCCCCCCC.O=C1C=CC(=O)N1CC1CCCCC1CN1C(=O)c2ccc(Oc3ccc4c(c3)C(=O)N(CC3CCCCC3CN3C(=O)C=CC3=O)C4=O)cc2C1=O. The van der Waals surface area contributed by atoms with Crippen LogP contribution < -0.4 is 4.74 Å². The zero-order chi connectivity index (χ0) is 61.9. The van der Waals surface area contributed by atoms with Gasteiger partial charge in [-0.15, -0.1) is 0 Å². The molecule has 2 aromatic rings. The third-order valence-electron chi connectivity index (χ3n) is 17.6. The maximum Gasteiger partial charge on any atom is 0.261 e. The van der Waals surface area contributed by atoms with Crippen LogP contribution in [-0.4, -0.2) is 93.0 Å². The van der Waals surface area contributed by atoms with Crippen molar-refractivity contribution in [2.45, 2.75) is 320 Å². The lowest BCUT2D eigenvalue weighted by atomic mass is 9.78. The summed E-state index contributed by atoms with van der Waals surface area (Å²) >= 11 is 0. The summed E-state index contributed by atoms with van der Waals surface area (Å²) in [6, 6.07) is 9.25. The Balaban J connectivity index is -0.000000537. The van der Waals surface area contributed by atoms with Crippen LogP contribution in [-0.2, 0) is 19.2 Å². The standard InChI is InChI=1S/C40H38N4O9.2C9H20.2C7H16.8CH4/c45-33-13-14-34(46)41(33)19-23-5-1-3-7-25(23)21-43-37(49)29-11-9-27(17-31(29)39(43)51)53-28-10-12-30-32(18-28)40(52)44(38(30)50)22-26-8-4-2-6-24(26)20-42-35(47)15-16-36(42)48;2*1-3-5-7-9-8-6-4-2;2*1-3-5-7-6-4-2;;;;;;;;/h9-18,23-26H,1-8,19-22H2;2*3-9H2,1-2H3;2*3-7H2,1-2H3;8*1H4. The molecule has 0 aromatic heterocycles. The second-order valence-corrected chi connectivity index (χ2v) is 24.5. The number of benzene rings is 2. The van der Waals surface area contributed by atoms with Gasteiger partial charge in [0.25, 0.3) is 47.3 Å². The van der Waals surface area contributed by atoms with E-state index in [1.807, 2.05) is 0 Å². The van der Waals surface area contributed by atoms with E-state index in [1.54, 1.807) is 24.3 Å². The summed E-state index contributed by atoms with van der Waals surface area (Å²) in [5.41, 5.74) is 0.903. The molecule has 4 aliphatic heterocycles. The topological polar surface area (TPSA) is 159 Å². The first-order valence-electron chi connectivity index (χ1n) is 34.0. The predicted octanol–water partition coefficient (Wildman–Crippen LogP) is 22.7. The molecular formula is C80H142N4O9. The van der Waals surface area contributed by atoms with Gasteiger partial charge in [-0.05, 0) is 85.8 Å². The molecule has 0 spiro atoms. The molecule has 2 aliphatic carbocycles. The van der Waals surface area contributed by atoms with Gasteiger partial charge in [0.1, 0.15) is 11.5 Å². The Bertz CT molecular complexity index is 2260. The Kier molecular flexibility index (Phi) is 56.3. The summed E-state index contributed by atoms with van der Waals surface area (Å²) in [5, 5.41) is 0. The van der Waals surface area contributed by atoms with E-state index < -0.39 is 23.6 Å². The molecule has 0 saturated heterocycles. The summed E-state index contributed by atoms with van der Waals surface area (Å²) in [4.78, 5) is 108. The van der Waals surface area contributed by atoms with Gasteiger partial charge in [0.2, 0.25) is 0 Å². The maximum atomic E-state index is 13.6. The summed E-state index contributed by atoms with van der Waals surface area (Å²) in [5.74, 6) is -2.72. The van der Waals surface area contributed by atoms with Crippen LogP contribution in [0.2, 0.25) is 0 Å². The van der Waals surface area contributed by atoms with E-state index in [0.717, 1.165) is 51.4 Å². The van der Waals surface area contributed by atoms with Crippen LogP contribution in [0.3, 0.4) is 0 Å². The van der Waals surface area contributed by atoms with Crippen molar-refractivity contribution in [3.63, 3.8) is 0 Å². The number of ether oxygens (including phenoxy) is 1. The second-order valence-electron chi connectivity index (χ2n) is 24.5. The third-order valence-corrected chi connectivity index (χ3v) is 17.6. The van der Waals surface area contributed by atoms with Crippen LogP contribution in [0.1, 0.15) is 362 Å². The molecule has 13 heteroatoms. The number of carbonyl (C=O) groups excluding carboxylic acids is 8. The Morgan fingerprint density at radius 3 is 0.731 bits per heavy atom.